The monoisotopic (exact) mass is 657 g/mol. The molecule has 0 bridgehead atoms. The second-order valence-electron chi connectivity index (χ2n) is 12.8. The summed E-state index contributed by atoms with van der Waals surface area (Å²) in [5, 5.41) is 13.3. The molecule has 0 fully saturated rings. The van der Waals surface area contributed by atoms with Crippen molar-refractivity contribution in [3.05, 3.63) is 163 Å². The van der Waals surface area contributed by atoms with Gasteiger partial charge in [-0.1, -0.05) is 116 Å². The van der Waals surface area contributed by atoms with Crippen LogP contribution >= 0.6 is 11.3 Å². The van der Waals surface area contributed by atoms with Crippen molar-refractivity contribution in [2.24, 2.45) is 0 Å². The first-order valence-corrected chi connectivity index (χ1v) is 17.8. The van der Waals surface area contributed by atoms with Gasteiger partial charge in [0.05, 0.1) is 16.1 Å². The Morgan fingerprint density at radius 3 is 2.00 bits per heavy atom. The van der Waals surface area contributed by atoms with Gasteiger partial charge in [-0.25, -0.2) is 0 Å². The third-order valence-corrected chi connectivity index (χ3v) is 11.3. The fourth-order valence-corrected chi connectivity index (χ4v) is 9.19. The van der Waals surface area contributed by atoms with E-state index in [1.165, 1.54) is 63.6 Å². The predicted octanol–water partition coefficient (Wildman–Crippen LogP) is 14.6. The van der Waals surface area contributed by atoms with Crippen molar-refractivity contribution in [2.75, 3.05) is 4.90 Å². The van der Waals surface area contributed by atoms with Gasteiger partial charge in [0.2, 0.25) is 0 Å². The molecule has 0 atom stereocenters. The molecule has 0 aliphatic heterocycles. The van der Waals surface area contributed by atoms with Crippen molar-refractivity contribution >= 4 is 116 Å². The Morgan fingerprint density at radius 2 is 1.18 bits per heavy atom. The van der Waals surface area contributed by atoms with E-state index in [9.17, 15) is 0 Å². The molecule has 0 N–H and O–H groups in total. The standard InChI is InChI=1S/C47H31NOS/c1-3-13-46-31(4-2)37-20-12-22-43(47(37)50-46)48(42-21-11-15-29-14-5-6-16-32(29)42)30-24-25-35-38(26-30)33-17-7-8-18-34(33)39-27-41-36-19-9-10-23-44(36)49-45(41)28-40(35)39/h3-28H,2H2,1H3/b13-3-. The van der Waals surface area contributed by atoms with Crippen molar-refractivity contribution in [1.29, 1.82) is 0 Å². The third-order valence-electron chi connectivity index (χ3n) is 10.1. The Balaban J connectivity index is 1.30. The summed E-state index contributed by atoms with van der Waals surface area (Å²) in [5.41, 5.74) is 6.41. The number of benzene rings is 8. The summed E-state index contributed by atoms with van der Waals surface area (Å²) in [7, 11) is 0. The van der Waals surface area contributed by atoms with Gasteiger partial charge in [0.1, 0.15) is 11.2 Å². The van der Waals surface area contributed by atoms with Crippen LogP contribution in [0.2, 0.25) is 0 Å². The molecule has 2 aromatic heterocycles. The van der Waals surface area contributed by atoms with E-state index in [0.717, 1.165) is 39.0 Å². The molecule has 10 aromatic rings. The minimum Gasteiger partial charge on any atom is -0.456 e. The van der Waals surface area contributed by atoms with E-state index in [-0.39, 0.29) is 0 Å². The zero-order chi connectivity index (χ0) is 33.3. The van der Waals surface area contributed by atoms with Crippen molar-refractivity contribution in [3.63, 3.8) is 0 Å². The summed E-state index contributed by atoms with van der Waals surface area (Å²) in [5.74, 6) is 0. The van der Waals surface area contributed by atoms with Gasteiger partial charge in [-0.05, 0) is 98.7 Å². The lowest BCUT2D eigenvalue weighted by Crippen LogP contribution is -2.10. The Labute approximate surface area is 293 Å². The first-order valence-electron chi connectivity index (χ1n) is 17.0. The van der Waals surface area contributed by atoms with Gasteiger partial charge in [0, 0.05) is 32.1 Å². The highest BCUT2D eigenvalue weighted by molar-refractivity contribution is 7.20. The molecule has 0 aliphatic carbocycles. The summed E-state index contributed by atoms with van der Waals surface area (Å²) in [6.07, 6.45) is 6.30. The van der Waals surface area contributed by atoms with E-state index in [1.807, 2.05) is 23.5 Å². The molecule has 8 aromatic carbocycles. The zero-order valence-corrected chi connectivity index (χ0v) is 28.3. The van der Waals surface area contributed by atoms with Crippen molar-refractivity contribution in [3.8, 4) is 0 Å². The Bertz CT molecular complexity index is 3030. The summed E-state index contributed by atoms with van der Waals surface area (Å²) < 4.78 is 7.64. The molecule has 2 nitrogen and oxygen atoms in total. The predicted molar refractivity (Wildman–Crippen MR) is 219 cm³/mol. The van der Waals surface area contributed by atoms with Gasteiger partial charge in [0.25, 0.3) is 0 Å². The number of para-hydroxylation sites is 1. The second-order valence-corrected chi connectivity index (χ2v) is 13.9. The van der Waals surface area contributed by atoms with E-state index in [4.69, 9.17) is 4.42 Å². The quantitative estimate of drug-likeness (QED) is 0.171. The zero-order valence-electron chi connectivity index (χ0n) is 27.5. The molecule has 0 aliphatic rings. The van der Waals surface area contributed by atoms with Crippen LogP contribution in [0.25, 0.3) is 87.3 Å². The first kappa shape index (κ1) is 28.8. The van der Waals surface area contributed by atoms with Crippen molar-refractivity contribution < 1.29 is 4.42 Å². The number of fused-ring (bicyclic) bond motifs is 11. The van der Waals surface area contributed by atoms with Crippen LogP contribution in [-0.4, -0.2) is 0 Å². The molecule has 236 valence electrons. The number of allylic oxidation sites excluding steroid dienone is 1. The maximum absolute atomic E-state index is 6.40. The molecule has 0 saturated heterocycles. The summed E-state index contributed by atoms with van der Waals surface area (Å²) in [6, 6.07) is 50.6. The molecule has 0 spiro atoms. The largest absolute Gasteiger partial charge is 0.456 e. The van der Waals surface area contributed by atoms with Crippen LogP contribution in [0.5, 0.6) is 0 Å². The molecular weight excluding hydrogens is 627 g/mol. The smallest absolute Gasteiger partial charge is 0.136 e. The number of anilines is 3. The van der Waals surface area contributed by atoms with E-state index >= 15 is 0 Å². The van der Waals surface area contributed by atoms with Gasteiger partial charge in [-0.2, -0.15) is 0 Å². The topological polar surface area (TPSA) is 16.4 Å². The fraction of sp³-hybridized carbons (Fsp3) is 0.0213. The molecular formula is C47H31NOS. The molecule has 2 heterocycles. The summed E-state index contributed by atoms with van der Waals surface area (Å²) >= 11 is 1.82. The normalized spacial score (nSPS) is 12.1. The van der Waals surface area contributed by atoms with Crippen LogP contribution < -0.4 is 4.90 Å². The van der Waals surface area contributed by atoms with Gasteiger partial charge < -0.3 is 9.32 Å². The molecule has 10 rings (SSSR count). The van der Waals surface area contributed by atoms with Crippen molar-refractivity contribution in [2.45, 2.75) is 6.92 Å². The number of hydrogen-bond donors (Lipinski definition) is 0. The minimum absolute atomic E-state index is 0.913. The average Bonchev–Trinajstić information content (AvgIpc) is 3.72. The third kappa shape index (κ3) is 4.20. The molecule has 0 saturated carbocycles. The highest BCUT2D eigenvalue weighted by Crippen LogP contribution is 2.48. The average molecular weight is 658 g/mol. The van der Waals surface area contributed by atoms with E-state index < -0.39 is 0 Å². The molecule has 0 amide bonds. The number of hydrogen-bond acceptors (Lipinski definition) is 3. The Kier molecular flexibility index (Phi) is 6.45. The van der Waals surface area contributed by atoms with E-state index in [1.54, 1.807) is 0 Å². The number of rotatable bonds is 5. The highest BCUT2D eigenvalue weighted by atomic mass is 32.1. The Morgan fingerprint density at radius 1 is 0.540 bits per heavy atom. The molecule has 0 radical (unpaired) electrons. The van der Waals surface area contributed by atoms with Crippen LogP contribution in [0.4, 0.5) is 17.1 Å². The fourth-order valence-electron chi connectivity index (χ4n) is 7.91. The Hall–Kier alpha value is -6.16. The van der Waals surface area contributed by atoms with Crippen LogP contribution in [0.3, 0.4) is 0 Å². The lowest BCUT2D eigenvalue weighted by Gasteiger charge is -2.28. The van der Waals surface area contributed by atoms with E-state index in [0.29, 0.717) is 0 Å². The van der Waals surface area contributed by atoms with E-state index in [2.05, 4.69) is 164 Å². The summed E-state index contributed by atoms with van der Waals surface area (Å²) in [4.78, 5) is 3.67. The van der Waals surface area contributed by atoms with Gasteiger partial charge in [0.15, 0.2) is 0 Å². The lowest BCUT2D eigenvalue weighted by molar-refractivity contribution is 0.669. The van der Waals surface area contributed by atoms with Crippen molar-refractivity contribution in [1.82, 2.24) is 0 Å². The maximum Gasteiger partial charge on any atom is 0.136 e. The number of thiophene rings is 1. The molecule has 50 heavy (non-hydrogen) atoms. The highest BCUT2D eigenvalue weighted by Gasteiger charge is 2.22. The molecule has 0 unspecified atom stereocenters. The van der Waals surface area contributed by atoms with Crippen LogP contribution in [-0.2, 0) is 0 Å². The van der Waals surface area contributed by atoms with Gasteiger partial charge in [-0.15, -0.1) is 11.3 Å². The maximum atomic E-state index is 6.40. The molecule has 3 heteroatoms. The SMILES string of the molecule is C=Cc1c(/C=C\C)sc2c(N(c3ccc4c(c3)c3ccccc3c3cc5c(cc43)oc3ccccc35)c3cccc4ccccc34)cccc12. The van der Waals surface area contributed by atoms with Crippen LogP contribution in [0, 0.1) is 0 Å². The number of furan rings is 1. The minimum atomic E-state index is 0.913. The van der Waals surface area contributed by atoms with Gasteiger partial charge in [-0.3, -0.25) is 0 Å². The second kappa shape index (κ2) is 11.2. The van der Waals surface area contributed by atoms with Crippen LogP contribution in [0.15, 0.2) is 157 Å². The lowest BCUT2D eigenvalue weighted by atomic mass is 9.92. The summed E-state index contributed by atoms with van der Waals surface area (Å²) in [6.45, 7) is 6.27. The van der Waals surface area contributed by atoms with Gasteiger partial charge >= 0.3 is 0 Å². The number of nitrogens with zero attached hydrogens (tertiary/aromatic N) is 1. The first-order chi connectivity index (χ1) is 24.7. The van der Waals surface area contributed by atoms with Crippen LogP contribution in [0.1, 0.15) is 17.4 Å².